The average molecular weight is 248 g/mol. The monoisotopic (exact) mass is 248 g/mol. The van der Waals surface area contributed by atoms with E-state index < -0.39 is 8.07 Å². The van der Waals surface area contributed by atoms with Crippen LogP contribution in [0.5, 0.6) is 0 Å². The number of epoxide rings is 1. The van der Waals surface area contributed by atoms with Crippen molar-refractivity contribution in [1.82, 2.24) is 0 Å². The maximum Gasteiger partial charge on any atom is 0.0865 e. The molecule has 2 heteroatoms. The van der Waals surface area contributed by atoms with E-state index in [9.17, 15) is 0 Å². The molecule has 0 aromatic heterocycles. The molecule has 0 amide bonds. The molecule has 1 aliphatic rings. The lowest BCUT2D eigenvalue weighted by Crippen LogP contribution is -2.49. The van der Waals surface area contributed by atoms with E-state index in [2.05, 4.69) is 64.2 Å². The van der Waals surface area contributed by atoms with E-state index in [1.165, 1.54) is 0 Å². The highest BCUT2D eigenvalue weighted by Gasteiger charge is 2.50. The minimum Gasteiger partial charge on any atom is -0.370 e. The fraction of sp³-hybridized carbons (Fsp3) is 0.600. The molecule has 1 aromatic rings. The Labute approximate surface area is 106 Å². The van der Waals surface area contributed by atoms with Gasteiger partial charge >= 0.3 is 0 Å². The highest BCUT2D eigenvalue weighted by molar-refractivity contribution is 6.91. The first-order chi connectivity index (χ1) is 7.94. The fourth-order valence-corrected chi connectivity index (χ4v) is 7.54. The number of hydrogen-bond acceptors (Lipinski definition) is 1. The van der Waals surface area contributed by atoms with Gasteiger partial charge in [-0.05, 0) is 18.4 Å². The van der Waals surface area contributed by atoms with Crippen LogP contribution < -0.4 is 5.19 Å². The minimum atomic E-state index is -1.44. The SMILES string of the molecule is CC(C)[C@@H]([C@H]1O[C@H]1C)[Si](C)(C)c1ccccc1. The number of ether oxygens (including phenoxy) is 1. The van der Waals surface area contributed by atoms with Crippen molar-refractivity contribution in [1.29, 1.82) is 0 Å². The first-order valence-corrected chi connectivity index (χ1v) is 9.73. The van der Waals surface area contributed by atoms with Crippen molar-refractivity contribution in [2.75, 3.05) is 0 Å². The number of benzene rings is 1. The maximum absolute atomic E-state index is 5.78. The van der Waals surface area contributed by atoms with Crippen molar-refractivity contribution in [3.05, 3.63) is 30.3 Å². The summed E-state index contributed by atoms with van der Waals surface area (Å²) in [5.41, 5.74) is 0.722. The van der Waals surface area contributed by atoms with E-state index in [-0.39, 0.29) is 0 Å². The molecule has 0 spiro atoms. The summed E-state index contributed by atoms with van der Waals surface area (Å²) in [4.78, 5) is 0. The van der Waals surface area contributed by atoms with Gasteiger partial charge in [-0.15, -0.1) is 0 Å². The number of rotatable bonds is 4. The van der Waals surface area contributed by atoms with Crippen LogP contribution in [0.1, 0.15) is 20.8 Å². The van der Waals surface area contributed by atoms with Crippen molar-refractivity contribution >= 4 is 13.3 Å². The summed E-state index contributed by atoms with van der Waals surface area (Å²) in [7, 11) is -1.44. The minimum absolute atomic E-state index is 0.470. The zero-order valence-corrected chi connectivity index (χ0v) is 12.6. The summed E-state index contributed by atoms with van der Waals surface area (Å²) in [6.45, 7) is 11.9. The molecule has 0 aliphatic carbocycles. The lowest BCUT2D eigenvalue weighted by molar-refractivity contribution is 0.348. The third-order valence-corrected chi connectivity index (χ3v) is 8.66. The molecular formula is C15H24OSi. The summed E-state index contributed by atoms with van der Waals surface area (Å²) < 4.78 is 5.78. The van der Waals surface area contributed by atoms with Crippen LogP contribution in [-0.2, 0) is 4.74 Å². The van der Waals surface area contributed by atoms with Crippen molar-refractivity contribution in [2.45, 2.75) is 51.6 Å². The van der Waals surface area contributed by atoms with Gasteiger partial charge in [0.05, 0.1) is 20.3 Å². The Morgan fingerprint density at radius 1 is 1.12 bits per heavy atom. The highest BCUT2D eigenvalue weighted by Crippen LogP contribution is 2.43. The van der Waals surface area contributed by atoms with Gasteiger partial charge in [0.15, 0.2) is 0 Å². The van der Waals surface area contributed by atoms with Gasteiger partial charge < -0.3 is 4.74 Å². The predicted molar refractivity (Wildman–Crippen MR) is 76.5 cm³/mol. The van der Waals surface area contributed by atoms with Crippen LogP contribution >= 0.6 is 0 Å². The molecule has 1 fully saturated rings. The second-order valence-corrected chi connectivity index (χ2v) is 10.9. The zero-order chi connectivity index (χ0) is 12.6. The Bertz CT molecular complexity index is 372. The van der Waals surface area contributed by atoms with Crippen molar-refractivity contribution < 1.29 is 4.74 Å². The molecule has 94 valence electrons. The Hall–Kier alpha value is -0.603. The molecule has 2 rings (SSSR count). The third kappa shape index (κ3) is 2.48. The largest absolute Gasteiger partial charge is 0.370 e. The van der Waals surface area contributed by atoms with Crippen LogP contribution in [0.2, 0.25) is 18.6 Å². The molecule has 0 N–H and O–H groups in total. The van der Waals surface area contributed by atoms with Gasteiger partial charge in [-0.25, -0.2) is 0 Å². The normalized spacial score (nSPS) is 26.0. The molecule has 0 saturated carbocycles. The zero-order valence-electron chi connectivity index (χ0n) is 11.6. The molecule has 0 radical (unpaired) electrons. The van der Waals surface area contributed by atoms with Crippen molar-refractivity contribution in [3.8, 4) is 0 Å². The lowest BCUT2D eigenvalue weighted by atomic mass is 10.1. The molecule has 17 heavy (non-hydrogen) atoms. The van der Waals surface area contributed by atoms with Crippen LogP contribution in [0, 0.1) is 5.92 Å². The molecule has 1 aromatic carbocycles. The van der Waals surface area contributed by atoms with E-state index >= 15 is 0 Å². The first kappa shape index (κ1) is 12.8. The van der Waals surface area contributed by atoms with Gasteiger partial charge in [0.2, 0.25) is 0 Å². The topological polar surface area (TPSA) is 12.5 Å². The quantitative estimate of drug-likeness (QED) is 0.587. The van der Waals surface area contributed by atoms with Crippen molar-refractivity contribution in [2.24, 2.45) is 5.92 Å². The molecule has 0 unspecified atom stereocenters. The second-order valence-electron chi connectivity index (χ2n) is 6.16. The standard InChI is InChI=1S/C15H24OSi/c1-11(2)15(14-12(3)16-14)17(4,5)13-9-7-6-8-10-13/h6-12,14-15H,1-5H3/t12-,14-,15-/m0/s1. The summed E-state index contributed by atoms with van der Waals surface area (Å²) in [6.07, 6.45) is 0.967. The predicted octanol–water partition coefficient (Wildman–Crippen LogP) is 3.42. The van der Waals surface area contributed by atoms with Crippen LogP contribution in [0.4, 0.5) is 0 Å². The van der Waals surface area contributed by atoms with E-state index in [1.54, 1.807) is 5.19 Å². The van der Waals surface area contributed by atoms with Gasteiger partial charge in [-0.3, -0.25) is 0 Å². The smallest absolute Gasteiger partial charge is 0.0865 e. The molecule has 1 saturated heterocycles. The Morgan fingerprint density at radius 3 is 2.06 bits per heavy atom. The summed E-state index contributed by atoms with van der Waals surface area (Å²) in [5, 5.41) is 1.56. The summed E-state index contributed by atoms with van der Waals surface area (Å²) >= 11 is 0. The lowest BCUT2D eigenvalue weighted by Gasteiger charge is -2.35. The molecule has 1 aliphatic heterocycles. The van der Waals surface area contributed by atoms with Crippen LogP contribution in [-0.4, -0.2) is 20.3 Å². The highest BCUT2D eigenvalue weighted by atomic mass is 28.3. The third-order valence-electron chi connectivity index (χ3n) is 4.18. The first-order valence-electron chi connectivity index (χ1n) is 6.65. The maximum atomic E-state index is 5.78. The van der Waals surface area contributed by atoms with E-state index in [1.807, 2.05) is 0 Å². The van der Waals surface area contributed by atoms with Gasteiger partial charge in [-0.2, -0.15) is 0 Å². The molecular weight excluding hydrogens is 224 g/mol. The second kappa shape index (κ2) is 4.58. The molecule has 3 atom stereocenters. The van der Waals surface area contributed by atoms with Crippen LogP contribution in [0.15, 0.2) is 30.3 Å². The molecule has 0 bridgehead atoms. The molecule has 1 nitrogen and oxygen atoms in total. The number of hydrogen-bond donors (Lipinski definition) is 0. The Kier molecular flexibility index (Phi) is 3.46. The van der Waals surface area contributed by atoms with E-state index in [0.29, 0.717) is 18.1 Å². The van der Waals surface area contributed by atoms with Crippen LogP contribution in [0.3, 0.4) is 0 Å². The van der Waals surface area contributed by atoms with E-state index in [0.717, 1.165) is 5.54 Å². The van der Waals surface area contributed by atoms with Gasteiger partial charge in [-0.1, -0.05) is 62.5 Å². The van der Waals surface area contributed by atoms with Gasteiger partial charge in [0.1, 0.15) is 0 Å². The van der Waals surface area contributed by atoms with Crippen LogP contribution in [0.25, 0.3) is 0 Å². The van der Waals surface area contributed by atoms with Gasteiger partial charge in [0, 0.05) is 0 Å². The summed E-state index contributed by atoms with van der Waals surface area (Å²) in [5.74, 6) is 0.701. The van der Waals surface area contributed by atoms with Gasteiger partial charge in [0.25, 0.3) is 0 Å². The molecule has 1 heterocycles. The summed E-state index contributed by atoms with van der Waals surface area (Å²) in [6, 6.07) is 11.0. The Morgan fingerprint density at radius 2 is 1.65 bits per heavy atom. The fourth-order valence-electron chi connectivity index (χ4n) is 3.26. The van der Waals surface area contributed by atoms with Crippen molar-refractivity contribution in [3.63, 3.8) is 0 Å². The average Bonchev–Trinajstić information content (AvgIpc) is 2.95. The van der Waals surface area contributed by atoms with E-state index in [4.69, 9.17) is 4.74 Å². The Balaban J connectivity index is 2.29.